The number of rotatable bonds is 4. The van der Waals surface area contributed by atoms with Crippen LogP contribution in [-0.2, 0) is 4.79 Å². The molecule has 4 aromatic rings. The zero-order valence-electron chi connectivity index (χ0n) is 18.0. The first-order valence-corrected chi connectivity index (χ1v) is 10.7. The van der Waals surface area contributed by atoms with E-state index in [-0.39, 0.29) is 17.8 Å². The zero-order chi connectivity index (χ0) is 22.8. The largest absolute Gasteiger partial charge is 0.457 e. The van der Waals surface area contributed by atoms with Crippen molar-refractivity contribution in [2.45, 2.75) is 25.8 Å². The fraction of sp³-hybridized carbons (Fsp3) is 0.192. The lowest BCUT2D eigenvalue weighted by atomic mass is 10.1. The Labute approximate surface area is 190 Å². The molecule has 2 aromatic carbocycles. The molecule has 33 heavy (non-hydrogen) atoms. The Morgan fingerprint density at radius 2 is 2.03 bits per heavy atom. The summed E-state index contributed by atoms with van der Waals surface area (Å²) >= 11 is 0. The van der Waals surface area contributed by atoms with Crippen LogP contribution in [0.1, 0.15) is 31.6 Å². The molecular formula is C26H21FN4O2. The molecule has 1 aliphatic rings. The topological polar surface area (TPSA) is 59.7 Å². The number of nitrogens with zero attached hydrogens (tertiary/aromatic N) is 4. The highest BCUT2D eigenvalue weighted by Gasteiger charge is 2.33. The Kier molecular flexibility index (Phi) is 5.49. The number of fused-ring (bicyclic) bond motifs is 1. The van der Waals surface area contributed by atoms with Crippen molar-refractivity contribution in [3.63, 3.8) is 0 Å². The monoisotopic (exact) mass is 440 g/mol. The second-order valence-electron chi connectivity index (χ2n) is 7.77. The minimum Gasteiger partial charge on any atom is -0.457 e. The highest BCUT2D eigenvalue weighted by molar-refractivity contribution is 5.94. The van der Waals surface area contributed by atoms with E-state index in [2.05, 4.69) is 16.8 Å². The molecule has 0 saturated carbocycles. The molecule has 0 aliphatic carbocycles. The lowest BCUT2D eigenvalue weighted by molar-refractivity contribution is -0.126. The third kappa shape index (κ3) is 4.03. The van der Waals surface area contributed by atoms with Crippen LogP contribution in [0.4, 0.5) is 4.39 Å². The molecule has 1 saturated heterocycles. The smallest absolute Gasteiger partial charge is 0.299 e. The minimum absolute atomic E-state index is 0.141. The van der Waals surface area contributed by atoms with Crippen LogP contribution in [0, 0.1) is 17.7 Å². The van der Waals surface area contributed by atoms with Crippen molar-refractivity contribution in [2.75, 3.05) is 6.54 Å². The molecule has 1 aliphatic heterocycles. The van der Waals surface area contributed by atoms with Crippen molar-refractivity contribution in [1.82, 2.24) is 19.3 Å². The molecule has 5 rings (SSSR count). The summed E-state index contributed by atoms with van der Waals surface area (Å²) in [6.45, 7) is 2.33. The number of hydrogen-bond donors (Lipinski definition) is 0. The molecule has 1 unspecified atom stereocenters. The van der Waals surface area contributed by atoms with Gasteiger partial charge in [0.05, 0.1) is 23.4 Å². The Morgan fingerprint density at radius 1 is 1.18 bits per heavy atom. The Morgan fingerprint density at radius 3 is 2.82 bits per heavy atom. The zero-order valence-corrected chi connectivity index (χ0v) is 18.0. The number of benzene rings is 2. The summed E-state index contributed by atoms with van der Waals surface area (Å²) in [5, 5.41) is 0. The average Bonchev–Trinajstić information content (AvgIpc) is 3.45. The van der Waals surface area contributed by atoms with Gasteiger partial charge < -0.3 is 9.64 Å². The summed E-state index contributed by atoms with van der Waals surface area (Å²) in [4.78, 5) is 23.5. The summed E-state index contributed by atoms with van der Waals surface area (Å²) in [6.07, 6.45) is 7.09. The van der Waals surface area contributed by atoms with Crippen LogP contribution in [-0.4, -0.2) is 31.7 Å². The van der Waals surface area contributed by atoms with Gasteiger partial charge in [0.25, 0.3) is 5.91 Å². The molecule has 0 radical (unpaired) electrons. The lowest BCUT2D eigenvalue weighted by Crippen LogP contribution is -2.30. The fourth-order valence-electron chi connectivity index (χ4n) is 4.21. The molecule has 0 spiro atoms. The number of halogens is 1. The molecule has 7 heteroatoms. The van der Waals surface area contributed by atoms with Crippen LogP contribution in [0.5, 0.6) is 11.5 Å². The summed E-state index contributed by atoms with van der Waals surface area (Å²) in [6, 6.07) is 13.3. The van der Waals surface area contributed by atoms with Crippen molar-refractivity contribution in [1.29, 1.82) is 0 Å². The number of hydrogen-bond acceptors (Lipinski definition) is 4. The summed E-state index contributed by atoms with van der Waals surface area (Å²) < 4.78 is 21.2. The van der Waals surface area contributed by atoms with Gasteiger partial charge in [-0.25, -0.2) is 9.37 Å². The molecular weight excluding hydrogens is 419 g/mol. The number of aromatic nitrogens is 3. The number of imidazole rings is 1. The maximum Gasteiger partial charge on any atom is 0.299 e. The number of carbonyl (C=O) groups is 1. The van der Waals surface area contributed by atoms with Gasteiger partial charge in [-0.1, -0.05) is 12.0 Å². The first kappa shape index (κ1) is 20.7. The Balaban J connectivity index is 1.49. The molecule has 164 valence electrons. The molecule has 0 bridgehead atoms. The molecule has 6 nitrogen and oxygen atoms in total. The third-order valence-electron chi connectivity index (χ3n) is 5.68. The normalized spacial score (nSPS) is 15.3. The number of carbonyl (C=O) groups excluding carboxylic acids is 1. The molecule has 0 N–H and O–H groups in total. The van der Waals surface area contributed by atoms with Crippen LogP contribution in [0.3, 0.4) is 0 Å². The fourth-order valence-corrected chi connectivity index (χ4v) is 4.21. The van der Waals surface area contributed by atoms with E-state index in [0.717, 1.165) is 35.4 Å². The van der Waals surface area contributed by atoms with Gasteiger partial charge in [0.2, 0.25) is 0 Å². The van der Waals surface area contributed by atoms with Gasteiger partial charge in [-0.3, -0.25) is 14.2 Å². The minimum atomic E-state index is -0.349. The van der Waals surface area contributed by atoms with Crippen LogP contribution in [0.25, 0.3) is 16.8 Å². The summed E-state index contributed by atoms with van der Waals surface area (Å²) in [7, 11) is 0. The van der Waals surface area contributed by atoms with Gasteiger partial charge in [0, 0.05) is 30.6 Å². The van der Waals surface area contributed by atoms with Crippen LogP contribution < -0.4 is 4.74 Å². The van der Waals surface area contributed by atoms with E-state index >= 15 is 0 Å². The van der Waals surface area contributed by atoms with E-state index in [1.807, 2.05) is 34.9 Å². The third-order valence-corrected chi connectivity index (χ3v) is 5.68. The second kappa shape index (κ2) is 8.75. The van der Waals surface area contributed by atoms with Gasteiger partial charge in [-0.05, 0) is 62.1 Å². The van der Waals surface area contributed by atoms with E-state index in [4.69, 9.17) is 9.72 Å². The average molecular weight is 440 g/mol. The van der Waals surface area contributed by atoms with Gasteiger partial charge in [-0.2, -0.15) is 0 Å². The SMILES string of the molecule is CC#CC(=O)N1CCCC1c1nc(-c2ccc(Oc3cccc(F)c3)cc2)c2cnccn12. The van der Waals surface area contributed by atoms with E-state index in [1.54, 1.807) is 36.4 Å². The predicted molar refractivity (Wildman–Crippen MR) is 122 cm³/mol. The van der Waals surface area contributed by atoms with Crippen molar-refractivity contribution in [3.8, 4) is 34.6 Å². The maximum absolute atomic E-state index is 13.4. The van der Waals surface area contributed by atoms with Crippen LogP contribution in [0.15, 0.2) is 67.1 Å². The number of ether oxygens (including phenoxy) is 1. The molecule has 1 atom stereocenters. The molecule has 1 fully saturated rings. The maximum atomic E-state index is 13.4. The number of amides is 1. The first-order valence-electron chi connectivity index (χ1n) is 10.7. The van der Waals surface area contributed by atoms with Crippen molar-refractivity contribution < 1.29 is 13.9 Å². The molecule has 2 aromatic heterocycles. The van der Waals surface area contributed by atoms with Crippen molar-refractivity contribution in [2.24, 2.45) is 0 Å². The summed E-state index contributed by atoms with van der Waals surface area (Å²) in [5.41, 5.74) is 2.52. The molecule has 1 amide bonds. The van der Waals surface area contributed by atoms with Gasteiger partial charge in [0.1, 0.15) is 23.1 Å². The predicted octanol–water partition coefficient (Wildman–Crippen LogP) is 5.01. The standard InChI is InChI=1S/C26H21FN4O2/c1-2-5-24(32)30-14-4-8-22(30)26-29-25(23-17-28-13-15-31(23)26)18-9-11-20(12-10-18)33-21-7-3-6-19(27)16-21/h3,6-7,9-13,15-17,22H,4,8,14H2,1H3. The van der Waals surface area contributed by atoms with E-state index in [0.29, 0.717) is 18.0 Å². The second-order valence-corrected chi connectivity index (χ2v) is 7.77. The quantitative estimate of drug-likeness (QED) is 0.419. The highest BCUT2D eigenvalue weighted by Crippen LogP contribution is 2.35. The Bertz CT molecular complexity index is 1380. The highest BCUT2D eigenvalue weighted by atomic mass is 19.1. The van der Waals surface area contributed by atoms with Crippen LogP contribution >= 0.6 is 0 Å². The van der Waals surface area contributed by atoms with Gasteiger partial charge in [-0.15, -0.1) is 0 Å². The van der Waals surface area contributed by atoms with Crippen molar-refractivity contribution in [3.05, 3.63) is 78.8 Å². The van der Waals surface area contributed by atoms with E-state index < -0.39 is 0 Å². The summed E-state index contributed by atoms with van der Waals surface area (Å²) in [5.74, 6) is 6.65. The van der Waals surface area contributed by atoms with Crippen molar-refractivity contribution >= 4 is 11.4 Å². The Hall–Kier alpha value is -4.18. The van der Waals surface area contributed by atoms with Crippen LogP contribution in [0.2, 0.25) is 0 Å². The van der Waals surface area contributed by atoms with E-state index in [1.165, 1.54) is 12.1 Å². The van der Waals surface area contributed by atoms with Gasteiger partial charge in [0.15, 0.2) is 0 Å². The molecule has 3 heterocycles. The van der Waals surface area contributed by atoms with E-state index in [9.17, 15) is 9.18 Å². The van der Waals surface area contributed by atoms with Gasteiger partial charge >= 0.3 is 0 Å². The number of likely N-dealkylation sites (tertiary alicyclic amines) is 1. The lowest BCUT2D eigenvalue weighted by Gasteiger charge is -2.21. The first-order chi connectivity index (χ1) is 16.1.